The lowest BCUT2D eigenvalue weighted by Crippen LogP contribution is -2.38. The Labute approximate surface area is 192 Å². The molecule has 0 aliphatic carbocycles. The van der Waals surface area contributed by atoms with Crippen LogP contribution in [0.1, 0.15) is 58.4 Å². The number of ether oxygens (including phenoxy) is 1. The van der Waals surface area contributed by atoms with Crippen LogP contribution in [0.3, 0.4) is 0 Å². The summed E-state index contributed by atoms with van der Waals surface area (Å²) in [6.45, 7) is 8.08. The van der Waals surface area contributed by atoms with Gasteiger partial charge in [0.1, 0.15) is 0 Å². The maximum atomic E-state index is 13.2. The number of nitrogens with one attached hydrogen (secondary N) is 1. The van der Waals surface area contributed by atoms with Crippen molar-refractivity contribution in [1.29, 1.82) is 0 Å². The molecule has 1 atom stereocenters. The quantitative estimate of drug-likeness (QED) is 0.526. The summed E-state index contributed by atoms with van der Waals surface area (Å²) < 4.78 is 5.82. The van der Waals surface area contributed by atoms with Crippen molar-refractivity contribution in [2.24, 2.45) is 5.41 Å². The van der Waals surface area contributed by atoms with Gasteiger partial charge in [-0.25, -0.2) is 0 Å². The Morgan fingerprint density at radius 2 is 2.00 bits per heavy atom. The SMILES string of the molecule is CN(C)c1ccc(NC(=O)CCCCl)cc1CN(C[C@H]1CCCO1)C(=O)CC(C)(C)C. The van der Waals surface area contributed by atoms with Crippen LogP contribution >= 0.6 is 11.6 Å². The number of alkyl halides is 1. The van der Waals surface area contributed by atoms with E-state index in [9.17, 15) is 9.59 Å². The van der Waals surface area contributed by atoms with Gasteiger partial charge in [0.15, 0.2) is 0 Å². The Kier molecular flexibility index (Phi) is 9.63. The van der Waals surface area contributed by atoms with Crippen LogP contribution in [0.4, 0.5) is 11.4 Å². The summed E-state index contributed by atoms with van der Waals surface area (Å²) in [5, 5.41) is 2.95. The van der Waals surface area contributed by atoms with Crippen molar-refractivity contribution in [2.45, 2.75) is 65.5 Å². The average Bonchev–Trinajstić information content (AvgIpc) is 3.17. The molecule has 1 aromatic rings. The summed E-state index contributed by atoms with van der Waals surface area (Å²) in [7, 11) is 3.97. The van der Waals surface area contributed by atoms with Crippen LogP contribution in [0.25, 0.3) is 0 Å². The van der Waals surface area contributed by atoms with E-state index >= 15 is 0 Å². The van der Waals surface area contributed by atoms with Gasteiger partial charge in [0, 0.05) is 63.9 Å². The number of amides is 2. The number of rotatable bonds is 10. The van der Waals surface area contributed by atoms with Gasteiger partial charge in [-0.05, 0) is 48.4 Å². The van der Waals surface area contributed by atoms with E-state index in [1.807, 2.05) is 42.1 Å². The van der Waals surface area contributed by atoms with Crippen LogP contribution < -0.4 is 10.2 Å². The molecule has 0 saturated carbocycles. The third-order valence-corrected chi connectivity index (χ3v) is 5.49. The first-order chi connectivity index (χ1) is 14.6. The predicted molar refractivity (Wildman–Crippen MR) is 128 cm³/mol. The van der Waals surface area contributed by atoms with E-state index in [0.29, 0.717) is 38.2 Å². The van der Waals surface area contributed by atoms with Crippen molar-refractivity contribution in [3.63, 3.8) is 0 Å². The van der Waals surface area contributed by atoms with Gasteiger partial charge in [-0.3, -0.25) is 9.59 Å². The van der Waals surface area contributed by atoms with Crippen molar-refractivity contribution in [1.82, 2.24) is 4.90 Å². The molecule has 1 heterocycles. The lowest BCUT2D eigenvalue weighted by atomic mass is 9.91. The topological polar surface area (TPSA) is 61.9 Å². The number of halogens is 1. The summed E-state index contributed by atoms with van der Waals surface area (Å²) in [5.41, 5.74) is 2.68. The van der Waals surface area contributed by atoms with E-state index in [-0.39, 0.29) is 23.3 Å². The molecule has 1 aliphatic rings. The number of carbonyl (C=O) groups excluding carboxylic acids is 2. The van der Waals surface area contributed by atoms with Gasteiger partial charge in [0.25, 0.3) is 0 Å². The maximum absolute atomic E-state index is 13.2. The van der Waals surface area contributed by atoms with Gasteiger partial charge < -0.3 is 19.9 Å². The summed E-state index contributed by atoms with van der Waals surface area (Å²) in [5.74, 6) is 0.542. The first-order valence-corrected chi connectivity index (χ1v) is 11.7. The number of anilines is 2. The van der Waals surface area contributed by atoms with Crippen molar-refractivity contribution < 1.29 is 14.3 Å². The third kappa shape index (κ3) is 8.69. The monoisotopic (exact) mass is 451 g/mol. The van der Waals surface area contributed by atoms with Gasteiger partial charge >= 0.3 is 0 Å². The number of hydrogen-bond donors (Lipinski definition) is 1. The molecule has 2 rings (SSSR count). The molecule has 0 bridgehead atoms. The van der Waals surface area contributed by atoms with E-state index in [4.69, 9.17) is 16.3 Å². The standard InChI is InChI=1S/C24H38ClN3O3/c1-24(2,3)15-23(30)28(17-20-8-7-13-31-20)16-18-14-19(10-11-21(18)27(4)5)26-22(29)9-6-12-25/h10-11,14,20H,6-9,12-13,15-17H2,1-5H3,(H,26,29)/t20-/m1/s1. The Hall–Kier alpha value is -1.79. The molecule has 7 heteroatoms. The van der Waals surface area contributed by atoms with E-state index in [1.165, 1.54) is 0 Å². The van der Waals surface area contributed by atoms with Gasteiger partial charge in [-0.1, -0.05) is 20.8 Å². The predicted octanol–water partition coefficient (Wildman–Crippen LogP) is 4.65. The smallest absolute Gasteiger partial charge is 0.224 e. The minimum absolute atomic E-state index is 0.0516. The molecule has 1 aliphatic heterocycles. The molecule has 1 saturated heterocycles. The third-order valence-electron chi connectivity index (χ3n) is 5.23. The zero-order valence-electron chi connectivity index (χ0n) is 19.7. The van der Waals surface area contributed by atoms with Crippen molar-refractivity contribution in [3.8, 4) is 0 Å². The minimum atomic E-state index is -0.0888. The zero-order valence-corrected chi connectivity index (χ0v) is 20.4. The molecule has 174 valence electrons. The molecule has 2 amide bonds. The Balaban J connectivity index is 2.25. The fraction of sp³-hybridized carbons (Fsp3) is 0.667. The molecule has 6 nitrogen and oxygen atoms in total. The maximum Gasteiger partial charge on any atom is 0.224 e. The van der Waals surface area contributed by atoms with Crippen LogP contribution in [-0.2, 0) is 20.9 Å². The molecule has 1 N–H and O–H groups in total. The van der Waals surface area contributed by atoms with Gasteiger partial charge in [-0.15, -0.1) is 11.6 Å². The Morgan fingerprint density at radius 3 is 2.58 bits per heavy atom. The van der Waals surface area contributed by atoms with Gasteiger partial charge in [-0.2, -0.15) is 0 Å². The number of nitrogens with zero attached hydrogens (tertiary/aromatic N) is 2. The fourth-order valence-electron chi connectivity index (χ4n) is 3.74. The second kappa shape index (κ2) is 11.7. The molecule has 1 aromatic carbocycles. The summed E-state index contributed by atoms with van der Waals surface area (Å²) in [6.07, 6.45) is 3.63. The van der Waals surface area contributed by atoms with Crippen molar-refractivity contribution in [2.75, 3.05) is 43.3 Å². The molecule has 0 radical (unpaired) electrons. The average molecular weight is 452 g/mol. The second-order valence-corrected chi connectivity index (χ2v) is 10.1. The highest BCUT2D eigenvalue weighted by Gasteiger charge is 2.26. The number of carbonyl (C=O) groups is 2. The molecule has 0 spiro atoms. The second-order valence-electron chi connectivity index (χ2n) is 9.73. The van der Waals surface area contributed by atoms with Crippen LogP contribution in [-0.4, -0.2) is 55.9 Å². The molecule has 31 heavy (non-hydrogen) atoms. The molecule has 0 unspecified atom stereocenters. The molecule has 1 fully saturated rings. The Morgan fingerprint density at radius 1 is 1.26 bits per heavy atom. The van der Waals surface area contributed by atoms with Gasteiger partial charge in [0.05, 0.1) is 6.10 Å². The largest absolute Gasteiger partial charge is 0.377 e. The summed E-state index contributed by atoms with van der Waals surface area (Å²) >= 11 is 5.70. The highest BCUT2D eigenvalue weighted by Crippen LogP contribution is 2.27. The first-order valence-electron chi connectivity index (χ1n) is 11.1. The van der Waals surface area contributed by atoms with Gasteiger partial charge in [0.2, 0.25) is 11.8 Å². The first kappa shape index (κ1) is 25.5. The van der Waals surface area contributed by atoms with Crippen molar-refractivity contribution >= 4 is 34.8 Å². The normalized spacial score (nSPS) is 16.3. The number of hydrogen-bond acceptors (Lipinski definition) is 4. The fourth-order valence-corrected chi connectivity index (χ4v) is 3.87. The van der Waals surface area contributed by atoms with Crippen LogP contribution in [0.2, 0.25) is 0 Å². The van der Waals surface area contributed by atoms with Crippen LogP contribution in [0.15, 0.2) is 18.2 Å². The summed E-state index contributed by atoms with van der Waals surface area (Å²) in [6, 6.07) is 5.87. The summed E-state index contributed by atoms with van der Waals surface area (Å²) in [4.78, 5) is 29.3. The zero-order chi connectivity index (χ0) is 23.0. The minimum Gasteiger partial charge on any atom is -0.377 e. The van der Waals surface area contributed by atoms with E-state index in [0.717, 1.165) is 36.4 Å². The number of benzene rings is 1. The lowest BCUT2D eigenvalue weighted by molar-refractivity contribution is -0.135. The van der Waals surface area contributed by atoms with E-state index in [1.54, 1.807) is 0 Å². The highest BCUT2D eigenvalue weighted by atomic mass is 35.5. The van der Waals surface area contributed by atoms with Crippen molar-refractivity contribution in [3.05, 3.63) is 23.8 Å². The Bertz CT molecular complexity index is 740. The molecular formula is C24H38ClN3O3. The van der Waals surface area contributed by atoms with E-state index in [2.05, 4.69) is 26.1 Å². The van der Waals surface area contributed by atoms with Crippen LogP contribution in [0.5, 0.6) is 0 Å². The molecule has 0 aromatic heterocycles. The highest BCUT2D eigenvalue weighted by molar-refractivity contribution is 6.18. The lowest BCUT2D eigenvalue weighted by Gasteiger charge is -2.30. The molecular weight excluding hydrogens is 414 g/mol. The van der Waals surface area contributed by atoms with Crippen LogP contribution in [0, 0.1) is 5.41 Å². The van der Waals surface area contributed by atoms with E-state index < -0.39 is 0 Å².